The number of benzene rings is 2. The highest BCUT2D eigenvalue weighted by Gasteiger charge is 2.24. The van der Waals surface area contributed by atoms with Crippen LogP contribution >= 0.6 is 0 Å². The molecule has 0 saturated heterocycles. The second-order valence-corrected chi connectivity index (χ2v) is 8.56. The van der Waals surface area contributed by atoms with E-state index < -0.39 is 0 Å². The topological polar surface area (TPSA) is 59.5 Å². The van der Waals surface area contributed by atoms with Crippen molar-refractivity contribution in [2.45, 2.75) is 58.4 Å². The number of anilines is 3. The van der Waals surface area contributed by atoms with Gasteiger partial charge in [0.15, 0.2) is 11.5 Å². The van der Waals surface area contributed by atoms with Gasteiger partial charge < -0.3 is 19.7 Å². The van der Waals surface area contributed by atoms with E-state index in [9.17, 15) is 0 Å². The lowest BCUT2D eigenvalue weighted by atomic mass is 10.1. The van der Waals surface area contributed by atoms with E-state index in [-0.39, 0.29) is 0 Å². The van der Waals surface area contributed by atoms with Crippen LogP contribution in [0.2, 0.25) is 0 Å². The predicted octanol–water partition coefficient (Wildman–Crippen LogP) is 6.11. The molecule has 2 heterocycles. The fraction of sp³-hybridized carbons (Fsp3) is 0.462. The molecule has 170 valence electrons. The van der Waals surface area contributed by atoms with Crippen molar-refractivity contribution in [1.29, 1.82) is 0 Å². The van der Waals surface area contributed by atoms with Gasteiger partial charge in [-0.2, -0.15) is 0 Å². The predicted molar refractivity (Wildman–Crippen MR) is 132 cm³/mol. The lowest BCUT2D eigenvalue weighted by Gasteiger charge is -2.21. The average Bonchev–Trinajstić information content (AvgIpc) is 3.23. The fourth-order valence-electron chi connectivity index (χ4n) is 4.53. The van der Waals surface area contributed by atoms with Gasteiger partial charge in [0.05, 0.1) is 19.7 Å². The van der Waals surface area contributed by atoms with Gasteiger partial charge in [-0.3, -0.25) is 0 Å². The minimum absolute atomic E-state index is 0.482. The van der Waals surface area contributed by atoms with Crippen LogP contribution in [0.5, 0.6) is 11.5 Å². The van der Waals surface area contributed by atoms with E-state index in [1.165, 1.54) is 49.0 Å². The Balaban J connectivity index is 1.55. The summed E-state index contributed by atoms with van der Waals surface area (Å²) >= 11 is 0. The third-order valence-electron chi connectivity index (χ3n) is 6.25. The SMILES string of the molecule is CCCCCCC(C)Nc1ccc2c(c1)CCN2c1ncnc2cc(OC)c(OC)cc12. The van der Waals surface area contributed by atoms with Gasteiger partial charge in [-0.1, -0.05) is 32.6 Å². The largest absolute Gasteiger partial charge is 0.493 e. The molecule has 0 saturated carbocycles. The zero-order valence-corrected chi connectivity index (χ0v) is 19.6. The van der Waals surface area contributed by atoms with Crippen molar-refractivity contribution in [2.24, 2.45) is 0 Å². The van der Waals surface area contributed by atoms with Crippen LogP contribution in [0.4, 0.5) is 17.2 Å². The van der Waals surface area contributed by atoms with Crippen LogP contribution < -0.4 is 19.7 Å². The zero-order chi connectivity index (χ0) is 22.5. The van der Waals surface area contributed by atoms with E-state index in [0.29, 0.717) is 17.5 Å². The monoisotopic (exact) mass is 434 g/mol. The first-order valence-corrected chi connectivity index (χ1v) is 11.7. The summed E-state index contributed by atoms with van der Waals surface area (Å²) in [5.74, 6) is 2.26. The maximum atomic E-state index is 5.52. The van der Waals surface area contributed by atoms with E-state index >= 15 is 0 Å². The van der Waals surface area contributed by atoms with Crippen molar-refractivity contribution in [3.63, 3.8) is 0 Å². The van der Waals surface area contributed by atoms with Crippen molar-refractivity contribution >= 4 is 28.1 Å². The highest BCUT2D eigenvalue weighted by Crippen LogP contribution is 2.40. The molecule has 0 spiro atoms. The molecule has 0 aliphatic carbocycles. The van der Waals surface area contributed by atoms with E-state index in [1.54, 1.807) is 20.5 Å². The summed E-state index contributed by atoms with van der Waals surface area (Å²) in [4.78, 5) is 11.4. The lowest BCUT2D eigenvalue weighted by Crippen LogP contribution is -2.16. The summed E-state index contributed by atoms with van der Waals surface area (Å²) < 4.78 is 11.0. The van der Waals surface area contributed by atoms with E-state index in [1.807, 2.05) is 12.1 Å². The molecule has 1 aromatic heterocycles. The highest BCUT2D eigenvalue weighted by molar-refractivity contribution is 5.94. The maximum absolute atomic E-state index is 5.52. The van der Waals surface area contributed by atoms with Crippen molar-refractivity contribution in [2.75, 3.05) is 31.0 Å². The first-order valence-electron chi connectivity index (χ1n) is 11.7. The molecule has 0 radical (unpaired) electrons. The molecular weight excluding hydrogens is 400 g/mol. The molecule has 6 heteroatoms. The number of methoxy groups -OCH3 is 2. The molecule has 1 aliphatic heterocycles. The molecule has 1 unspecified atom stereocenters. The number of nitrogens with zero attached hydrogens (tertiary/aromatic N) is 3. The Labute approximate surface area is 191 Å². The van der Waals surface area contributed by atoms with Crippen LogP contribution in [0.3, 0.4) is 0 Å². The number of fused-ring (bicyclic) bond motifs is 2. The fourth-order valence-corrected chi connectivity index (χ4v) is 4.53. The Morgan fingerprint density at radius 2 is 1.84 bits per heavy atom. The number of aromatic nitrogens is 2. The molecule has 0 bridgehead atoms. The zero-order valence-electron chi connectivity index (χ0n) is 19.6. The molecular formula is C26H34N4O2. The number of unbranched alkanes of at least 4 members (excludes halogenated alkanes) is 3. The van der Waals surface area contributed by atoms with Gasteiger partial charge in [-0.25, -0.2) is 9.97 Å². The Kier molecular flexibility index (Phi) is 6.98. The third kappa shape index (κ3) is 4.59. The smallest absolute Gasteiger partial charge is 0.162 e. The van der Waals surface area contributed by atoms with Crippen molar-refractivity contribution in [3.8, 4) is 11.5 Å². The summed E-state index contributed by atoms with van der Waals surface area (Å²) in [6.07, 6.45) is 9.05. The number of hydrogen-bond donors (Lipinski definition) is 1. The first kappa shape index (κ1) is 22.2. The van der Waals surface area contributed by atoms with Crippen LogP contribution in [-0.4, -0.2) is 36.8 Å². The number of hydrogen-bond acceptors (Lipinski definition) is 6. The minimum Gasteiger partial charge on any atom is -0.493 e. The molecule has 32 heavy (non-hydrogen) atoms. The molecule has 1 aliphatic rings. The number of ether oxygens (including phenoxy) is 2. The standard InChI is InChI=1S/C26H34N4O2/c1-5-6-7-8-9-18(2)29-20-10-11-23-19(14-20)12-13-30(23)26-21-15-24(31-3)25(32-4)16-22(21)27-17-28-26/h10-11,14-18,29H,5-9,12-13H2,1-4H3. The van der Waals surface area contributed by atoms with E-state index in [2.05, 4.69) is 52.2 Å². The van der Waals surface area contributed by atoms with Crippen LogP contribution in [-0.2, 0) is 6.42 Å². The molecule has 1 atom stereocenters. The third-order valence-corrected chi connectivity index (χ3v) is 6.25. The average molecular weight is 435 g/mol. The van der Waals surface area contributed by atoms with E-state index in [4.69, 9.17) is 9.47 Å². The van der Waals surface area contributed by atoms with Crippen molar-refractivity contribution in [1.82, 2.24) is 9.97 Å². The van der Waals surface area contributed by atoms with Crippen molar-refractivity contribution in [3.05, 3.63) is 42.2 Å². The summed E-state index contributed by atoms with van der Waals surface area (Å²) in [6, 6.07) is 11.1. The minimum atomic E-state index is 0.482. The van der Waals surface area contributed by atoms with Crippen LogP contribution in [0.15, 0.2) is 36.7 Å². The number of nitrogens with one attached hydrogen (secondary N) is 1. The molecule has 4 rings (SSSR count). The van der Waals surface area contributed by atoms with Gasteiger partial charge in [0.1, 0.15) is 12.1 Å². The first-order chi connectivity index (χ1) is 15.6. The second kappa shape index (κ2) is 10.1. The summed E-state index contributed by atoms with van der Waals surface area (Å²) in [6.45, 7) is 5.43. The maximum Gasteiger partial charge on any atom is 0.162 e. The lowest BCUT2D eigenvalue weighted by molar-refractivity contribution is 0.356. The summed E-state index contributed by atoms with van der Waals surface area (Å²) in [7, 11) is 3.29. The Hall–Kier alpha value is -3.02. The number of rotatable bonds is 10. The van der Waals surface area contributed by atoms with Crippen LogP contribution in [0.1, 0.15) is 51.5 Å². The molecule has 0 fully saturated rings. The highest BCUT2D eigenvalue weighted by atomic mass is 16.5. The van der Waals surface area contributed by atoms with Crippen LogP contribution in [0, 0.1) is 0 Å². The van der Waals surface area contributed by atoms with Gasteiger partial charge in [-0.05, 0) is 49.6 Å². The molecule has 6 nitrogen and oxygen atoms in total. The molecule has 1 N–H and O–H groups in total. The Morgan fingerprint density at radius 1 is 1.03 bits per heavy atom. The van der Waals surface area contributed by atoms with Gasteiger partial charge in [0.25, 0.3) is 0 Å². The summed E-state index contributed by atoms with van der Waals surface area (Å²) in [5.41, 5.74) is 4.60. The van der Waals surface area contributed by atoms with Gasteiger partial charge in [0, 0.05) is 35.4 Å². The second-order valence-electron chi connectivity index (χ2n) is 8.56. The van der Waals surface area contributed by atoms with E-state index in [0.717, 1.165) is 29.7 Å². The molecule has 2 aromatic carbocycles. The van der Waals surface area contributed by atoms with Crippen molar-refractivity contribution < 1.29 is 9.47 Å². The Morgan fingerprint density at radius 3 is 2.62 bits per heavy atom. The summed E-state index contributed by atoms with van der Waals surface area (Å²) in [5, 5.41) is 4.65. The Bertz CT molecular complexity index is 1070. The van der Waals surface area contributed by atoms with Gasteiger partial charge >= 0.3 is 0 Å². The molecule has 3 aromatic rings. The normalized spacial score (nSPS) is 13.8. The van der Waals surface area contributed by atoms with Gasteiger partial charge in [-0.15, -0.1) is 0 Å². The van der Waals surface area contributed by atoms with Gasteiger partial charge in [0.2, 0.25) is 0 Å². The molecule has 0 amide bonds. The quantitative estimate of drug-likeness (QED) is 0.388. The van der Waals surface area contributed by atoms with Crippen LogP contribution in [0.25, 0.3) is 10.9 Å².